The minimum atomic E-state index is -3.54. The summed E-state index contributed by atoms with van der Waals surface area (Å²) in [7, 11) is -3.54. The van der Waals surface area contributed by atoms with Crippen LogP contribution in [0, 0.1) is 0 Å². The fourth-order valence-corrected chi connectivity index (χ4v) is 2.97. The summed E-state index contributed by atoms with van der Waals surface area (Å²) in [5.74, 6) is 0.628. The summed E-state index contributed by atoms with van der Waals surface area (Å²) in [6.07, 6.45) is 2.90. The molecule has 1 aromatic rings. The van der Waals surface area contributed by atoms with E-state index in [2.05, 4.69) is 17.0 Å². The van der Waals surface area contributed by atoms with Gasteiger partial charge in [0.25, 0.3) is 10.0 Å². The Labute approximate surface area is 115 Å². The number of furan rings is 1. The van der Waals surface area contributed by atoms with E-state index in [-0.39, 0.29) is 11.1 Å². The van der Waals surface area contributed by atoms with Crippen LogP contribution >= 0.6 is 0 Å². The highest BCUT2D eigenvalue weighted by atomic mass is 32.2. The van der Waals surface area contributed by atoms with Crippen molar-refractivity contribution in [3.05, 3.63) is 17.9 Å². The summed E-state index contributed by atoms with van der Waals surface area (Å²) in [6, 6.07) is 3.11. The average molecular weight is 288 g/mol. The van der Waals surface area contributed by atoms with Crippen LogP contribution in [0.3, 0.4) is 0 Å². The van der Waals surface area contributed by atoms with Crippen LogP contribution in [0.4, 0.5) is 0 Å². The first-order chi connectivity index (χ1) is 8.99. The van der Waals surface area contributed by atoms with Crippen LogP contribution in [-0.2, 0) is 16.6 Å². The third kappa shape index (κ3) is 5.34. The smallest absolute Gasteiger partial charge is 0.274 e. The van der Waals surface area contributed by atoms with Gasteiger partial charge in [0.05, 0.1) is 6.54 Å². The Morgan fingerprint density at radius 3 is 2.68 bits per heavy atom. The van der Waals surface area contributed by atoms with E-state index in [0.29, 0.717) is 12.3 Å². The number of hydrogen-bond acceptors (Lipinski definition) is 4. The highest BCUT2D eigenvalue weighted by Gasteiger charge is 2.20. The quantitative estimate of drug-likeness (QED) is 0.731. The molecule has 19 heavy (non-hydrogen) atoms. The molecule has 1 atom stereocenters. The van der Waals surface area contributed by atoms with Gasteiger partial charge in [-0.15, -0.1) is 0 Å². The highest BCUT2D eigenvalue weighted by Crippen LogP contribution is 2.15. The predicted octanol–water partition coefficient (Wildman–Crippen LogP) is 2.25. The lowest BCUT2D eigenvalue weighted by Crippen LogP contribution is -2.32. The SMILES string of the molecule is CCCCC(C)NS(=O)(=O)c1ccc(CNCC)o1. The minimum Gasteiger partial charge on any atom is -0.447 e. The molecule has 0 saturated heterocycles. The molecule has 0 fully saturated rings. The lowest BCUT2D eigenvalue weighted by atomic mass is 10.2. The van der Waals surface area contributed by atoms with Crippen molar-refractivity contribution in [2.24, 2.45) is 0 Å². The van der Waals surface area contributed by atoms with Crippen LogP contribution in [0.15, 0.2) is 21.6 Å². The van der Waals surface area contributed by atoms with Crippen molar-refractivity contribution < 1.29 is 12.8 Å². The van der Waals surface area contributed by atoms with E-state index in [4.69, 9.17) is 4.42 Å². The molecule has 0 saturated carbocycles. The molecule has 0 aliphatic carbocycles. The standard InChI is InChI=1S/C13H24N2O3S/c1-4-6-7-11(3)15-19(16,17)13-9-8-12(18-13)10-14-5-2/h8-9,11,14-15H,4-7,10H2,1-3H3. The summed E-state index contributed by atoms with van der Waals surface area (Å²) in [6.45, 7) is 7.29. The highest BCUT2D eigenvalue weighted by molar-refractivity contribution is 7.89. The molecule has 110 valence electrons. The largest absolute Gasteiger partial charge is 0.447 e. The van der Waals surface area contributed by atoms with E-state index < -0.39 is 10.0 Å². The van der Waals surface area contributed by atoms with Crippen LogP contribution in [0.25, 0.3) is 0 Å². The van der Waals surface area contributed by atoms with Crippen LogP contribution in [-0.4, -0.2) is 21.0 Å². The third-order valence-electron chi connectivity index (χ3n) is 2.80. The van der Waals surface area contributed by atoms with Gasteiger partial charge in [0.1, 0.15) is 5.76 Å². The van der Waals surface area contributed by atoms with E-state index >= 15 is 0 Å². The molecular formula is C13H24N2O3S. The van der Waals surface area contributed by atoms with Crippen LogP contribution in [0.1, 0.15) is 45.8 Å². The molecule has 1 heterocycles. The molecule has 1 aromatic heterocycles. The van der Waals surface area contributed by atoms with Gasteiger partial charge in [-0.3, -0.25) is 0 Å². The first-order valence-electron chi connectivity index (χ1n) is 6.81. The molecule has 0 spiro atoms. The number of sulfonamides is 1. The molecule has 6 heteroatoms. The van der Waals surface area contributed by atoms with Crippen molar-refractivity contribution >= 4 is 10.0 Å². The predicted molar refractivity (Wildman–Crippen MR) is 75.4 cm³/mol. The van der Waals surface area contributed by atoms with E-state index in [9.17, 15) is 8.42 Å². The normalized spacial score (nSPS) is 13.6. The van der Waals surface area contributed by atoms with E-state index in [0.717, 1.165) is 25.8 Å². The van der Waals surface area contributed by atoms with Gasteiger partial charge in [-0.2, -0.15) is 0 Å². The van der Waals surface area contributed by atoms with E-state index in [1.807, 2.05) is 13.8 Å². The molecule has 0 bridgehead atoms. The Balaban J connectivity index is 2.63. The molecule has 5 nitrogen and oxygen atoms in total. The topological polar surface area (TPSA) is 71.3 Å². The number of unbranched alkanes of at least 4 members (excludes halogenated alkanes) is 1. The third-order valence-corrected chi connectivity index (χ3v) is 4.26. The van der Waals surface area contributed by atoms with Gasteiger partial charge in [-0.05, 0) is 32.0 Å². The maximum atomic E-state index is 12.1. The Kier molecular flexibility index (Phi) is 6.54. The van der Waals surface area contributed by atoms with Crippen molar-refractivity contribution in [3.63, 3.8) is 0 Å². The summed E-state index contributed by atoms with van der Waals surface area (Å²) in [5, 5.41) is 3.08. The van der Waals surface area contributed by atoms with Crippen molar-refractivity contribution in [1.82, 2.24) is 10.0 Å². The summed E-state index contributed by atoms with van der Waals surface area (Å²) in [5.41, 5.74) is 0. The lowest BCUT2D eigenvalue weighted by Gasteiger charge is -2.12. The maximum Gasteiger partial charge on any atom is 0.274 e. The monoisotopic (exact) mass is 288 g/mol. The molecule has 2 N–H and O–H groups in total. The van der Waals surface area contributed by atoms with Gasteiger partial charge in [-0.25, -0.2) is 13.1 Å². The molecule has 0 aliphatic heterocycles. The molecule has 0 aromatic carbocycles. The van der Waals surface area contributed by atoms with Crippen LogP contribution in [0.2, 0.25) is 0 Å². The van der Waals surface area contributed by atoms with Gasteiger partial charge in [0.15, 0.2) is 0 Å². The molecule has 0 radical (unpaired) electrons. The molecule has 0 aliphatic rings. The fourth-order valence-electron chi connectivity index (χ4n) is 1.74. The average Bonchev–Trinajstić information content (AvgIpc) is 2.83. The molecule has 1 unspecified atom stereocenters. The van der Waals surface area contributed by atoms with Crippen molar-refractivity contribution in [2.45, 2.75) is 57.7 Å². The summed E-state index contributed by atoms with van der Waals surface area (Å²) < 4.78 is 32.1. The zero-order chi connectivity index (χ0) is 14.3. The van der Waals surface area contributed by atoms with E-state index in [1.54, 1.807) is 6.07 Å². The second kappa shape index (κ2) is 7.67. The number of nitrogens with one attached hydrogen (secondary N) is 2. The summed E-state index contributed by atoms with van der Waals surface area (Å²) in [4.78, 5) is 0. The first kappa shape index (κ1) is 16.2. The Hall–Kier alpha value is -0.850. The van der Waals surface area contributed by atoms with Gasteiger partial charge < -0.3 is 9.73 Å². The maximum absolute atomic E-state index is 12.1. The minimum absolute atomic E-state index is 0.0104. The second-order valence-electron chi connectivity index (χ2n) is 4.67. The molecule has 1 rings (SSSR count). The number of hydrogen-bond donors (Lipinski definition) is 2. The van der Waals surface area contributed by atoms with Gasteiger partial charge in [0, 0.05) is 6.04 Å². The lowest BCUT2D eigenvalue weighted by molar-refractivity contribution is 0.398. The van der Waals surface area contributed by atoms with Crippen molar-refractivity contribution in [2.75, 3.05) is 6.54 Å². The molecular weight excluding hydrogens is 264 g/mol. The van der Waals surface area contributed by atoms with Crippen LogP contribution < -0.4 is 10.0 Å². The second-order valence-corrected chi connectivity index (χ2v) is 6.31. The molecule has 0 amide bonds. The van der Waals surface area contributed by atoms with Gasteiger partial charge in [-0.1, -0.05) is 26.7 Å². The Morgan fingerprint density at radius 2 is 2.05 bits per heavy atom. The van der Waals surface area contributed by atoms with Gasteiger partial charge >= 0.3 is 0 Å². The van der Waals surface area contributed by atoms with Gasteiger partial charge in [0.2, 0.25) is 5.09 Å². The first-order valence-corrected chi connectivity index (χ1v) is 8.29. The summed E-state index contributed by atoms with van der Waals surface area (Å²) >= 11 is 0. The van der Waals surface area contributed by atoms with Crippen LogP contribution in [0.5, 0.6) is 0 Å². The zero-order valence-electron chi connectivity index (χ0n) is 11.9. The Morgan fingerprint density at radius 1 is 1.32 bits per heavy atom. The number of rotatable bonds is 9. The zero-order valence-corrected chi connectivity index (χ0v) is 12.7. The Bertz CT molecular complexity index is 468. The van der Waals surface area contributed by atoms with Crippen molar-refractivity contribution in [3.8, 4) is 0 Å². The van der Waals surface area contributed by atoms with E-state index in [1.165, 1.54) is 6.07 Å². The fraction of sp³-hybridized carbons (Fsp3) is 0.692. The van der Waals surface area contributed by atoms with Crippen molar-refractivity contribution in [1.29, 1.82) is 0 Å².